The van der Waals surface area contributed by atoms with Gasteiger partial charge >= 0.3 is 0 Å². The Balaban J connectivity index is 1.89. The van der Waals surface area contributed by atoms with E-state index in [1.54, 1.807) is 0 Å². The molecule has 1 fully saturated rings. The minimum absolute atomic E-state index is 0.0734. The highest BCUT2D eigenvalue weighted by molar-refractivity contribution is 5.80. The van der Waals surface area contributed by atoms with E-state index in [0.29, 0.717) is 31.1 Å². The Morgan fingerprint density at radius 1 is 1.06 bits per heavy atom. The van der Waals surface area contributed by atoms with Gasteiger partial charge < -0.3 is 9.84 Å². The predicted octanol–water partition coefficient (Wildman–Crippen LogP) is 7.35. The van der Waals surface area contributed by atoms with Crippen LogP contribution in [0.2, 0.25) is 0 Å². The Hall–Kier alpha value is -2.13. The number of hydrogen-bond donors (Lipinski definition) is 1. The Labute approximate surface area is 200 Å². The number of benzene rings is 2. The van der Waals surface area contributed by atoms with Crippen molar-refractivity contribution in [3.63, 3.8) is 0 Å². The Morgan fingerprint density at radius 3 is 2.58 bits per heavy atom. The molecular weight excluding hydrogens is 408 g/mol. The first kappa shape index (κ1) is 25.5. The molecule has 1 aliphatic carbocycles. The minimum atomic E-state index is 0.0734. The summed E-state index contributed by atoms with van der Waals surface area (Å²) < 4.78 is 6.44. The van der Waals surface area contributed by atoms with Gasteiger partial charge in [0.2, 0.25) is 0 Å². The maximum Gasteiger partial charge on any atom is 0.133 e. The molecule has 33 heavy (non-hydrogen) atoms. The first-order valence-electron chi connectivity index (χ1n) is 12.9. The van der Waals surface area contributed by atoms with E-state index in [-0.39, 0.29) is 17.9 Å². The van der Waals surface area contributed by atoms with E-state index in [9.17, 15) is 9.90 Å². The molecule has 3 nitrogen and oxygen atoms in total. The lowest BCUT2D eigenvalue weighted by Crippen LogP contribution is -2.25. The number of Topliss-reactive ketones (excluding diaryl/α,β-unsaturated/α-hetero) is 1. The highest BCUT2D eigenvalue weighted by Gasteiger charge is 2.33. The molecule has 0 saturated heterocycles. The second-order valence-electron chi connectivity index (χ2n) is 10.4. The molecule has 1 N–H and O–H groups in total. The summed E-state index contributed by atoms with van der Waals surface area (Å²) in [7, 11) is 0. The Morgan fingerprint density at radius 2 is 1.85 bits per heavy atom. The number of aliphatic hydroxyl groups excluding tert-OH is 1. The summed E-state index contributed by atoms with van der Waals surface area (Å²) in [5, 5.41) is 9.63. The van der Waals surface area contributed by atoms with Gasteiger partial charge in [-0.2, -0.15) is 0 Å². The van der Waals surface area contributed by atoms with Crippen molar-refractivity contribution >= 4 is 5.78 Å². The lowest BCUT2D eigenvalue weighted by Gasteiger charge is -2.33. The molecule has 180 valence electrons. The molecule has 0 aromatic heterocycles. The average molecular weight is 451 g/mol. The summed E-state index contributed by atoms with van der Waals surface area (Å²) in [6.07, 6.45) is 8.98. The third kappa shape index (κ3) is 7.17. The van der Waals surface area contributed by atoms with Crippen LogP contribution in [-0.2, 0) is 16.8 Å². The van der Waals surface area contributed by atoms with Crippen LogP contribution >= 0.6 is 0 Å². The van der Waals surface area contributed by atoms with E-state index in [1.807, 2.05) is 18.2 Å². The van der Waals surface area contributed by atoms with Crippen LogP contribution in [0.25, 0.3) is 0 Å². The predicted molar refractivity (Wildman–Crippen MR) is 136 cm³/mol. The monoisotopic (exact) mass is 450 g/mol. The highest BCUT2D eigenvalue weighted by atomic mass is 16.5. The molecule has 2 aromatic rings. The zero-order chi connectivity index (χ0) is 23.7. The summed E-state index contributed by atoms with van der Waals surface area (Å²) in [4.78, 5) is 12.4. The van der Waals surface area contributed by atoms with Crippen LogP contribution in [0.5, 0.6) is 5.75 Å². The fourth-order valence-electron chi connectivity index (χ4n) is 5.20. The Bertz CT molecular complexity index is 871. The van der Waals surface area contributed by atoms with E-state index >= 15 is 0 Å². The molecule has 0 heterocycles. The van der Waals surface area contributed by atoms with Crippen molar-refractivity contribution in [2.24, 2.45) is 5.92 Å². The lowest BCUT2D eigenvalue weighted by molar-refractivity contribution is -0.121. The molecular formula is C30H42O3. The average Bonchev–Trinajstić information content (AvgIpc) is 2.82. The molecule has 3 heteroatoms. The number of aliphatic hydroxyl groups is 1. The van der Waals surface area contributed by atoms with Crippen LogP contribution < -0.4 is 4.74 Å². The quantitative estimate of drug-likeness (QED) is 0.344. The number of ether oxygens (including phenoxy) is 1. The zero-order valence-corrected chi connectivity index (χ0v) is 20.8. The van der Waals surface area contributed by atoms with Crippen molar-refractivity contribution in [2.75, 3.05) is 6.61 Å². The molecule has 2 aromatic carbocycles. The van der Waals surface area contributed by atoms with Gasteiger partial charge in [-0.15, -0.1) is 0 Å². The topological polar surface area (TPSA) is 46.5 Å². The summed E-state index contributed by atoms with van der Waals surface area (Å²) in [6, 6.07) is 16.9. The molecule has 2 atom stereocenters. The SMILES string of the molecule is CCCCCCC(C)(C)c1ccc([C@@H]2CC(=O)CC[C@H]2CCO)c(OCc2ccccc2)c1. The van der Waals surface area contributed by atoms with E-state index in [4.69, 9.17) is 4.74 Å². The van der Waals surface area contributed by atoms with Crippen LogP contribution in [0.4, 0.5) is 0 Å². The van der Waals surface area contributed by atoms with Gasteiger partial charge in [0.05, 0.1) is 0 Å². The Kier molecular flexibility index (Phi) is 9.55. The van der Waals surface area contributed by atoms with Crippen LogP contribution in [-0.4, -0.2) is 17.5 Å². The second-order valence-corrected chi connectivity index (χ2v) is 10.4. The zero-order valence-electron chi connectivity index (χ0n) is 20.8. The summed E-state index contributed by atoms with van der Waals surface area (Å²) in [6.45, 7) is 7.58. The molecule has 0 amide bonds. The van der Waals surface area contributed by atoms with Crippen molar-refractivity contribution in [1.82, 2.24) is 0 Å². The summed E-state index contributed by atoms with van der Waals surface area (Å²) in [5.74, 6) is 1.66. The molecule has 3 rings (SSSR count). The van der Waals surface area contributed by atoms with Crippen molar-refractivity contribution < 1.29 is 14.6 Å². The number of carbonyl (C=O) groups excluding carboxylic acids is 1. The van der Waals surface area contributed by atoms with E-state index in [2.05, 4.69) is 51.1 Å². The van der Waals surface area contributed by atoms with Gasteiger partial charge in [0.15, 0.2) is 0 Å². The molecule has 1 aliphatic rings. The van der Waals surface area contributed by atoms with Gasteiger partial charge in [-0.1, -0.05) is 88.9 Å². The normalized spacial score (nSPS) is 19.0. The maximum absolute atomic E-state index is 12.4. The number of unbranched alkanes of at least 4 members (excludes halogenated alkanes) is 3. The molecule has 0 radical (unpaired) electrons. The third-order valence-corrected chi connectivity index (χ3v) is 7.40. The van der Waals surface area contributed by atoms with Crippen molar-refractivity contribution in [3.05, 3.63) is 65.2 Å². The number of rotatable bonds is 12. The van der Waals surface area contributed by atoms with Crippen molar-refractivity contribution in [1.29, 1.82) is 0 Å². The van der Waals surface area contributed by atoms with Crippen LogP contribution in [0.15, 0.2) is 48.5 Å². The van der Waals surface area contributed by atoms with Gasteiger partial charge in [-0.3, -0.25) is 4.79 Å². The third-order valence-electron chi connectivity index (χ3n) is 7.40. The lowest BCUT2D eigenvalue weighted by atomic mass is 9.72. The molecule has 0 bridgehead atoms. The van der Waals surface area contributed by atoms with Crippen LogP contribution in [0.1, 0.15) is 101 Å². The second kappa shape index (κ2) is 12.4. The largest absolute Gasteiger partial charge is 0.489 e. The summed E-state index contributed by atoms with van der Waals surface area (Å²) >= 11 is 0. The van der Waals surface area contributed by atoms with Crippen molar-refractivity contribution in [3.8, 4) is 5.75 Å². The van der Waals surface area contributed by atoms with E-state index in [0.717, 1.165) is 36.1 Å². The first-order valence-corrected chi connectivity index (χ1v) is 12.9. The van der Waals surface area contributed by atoms with Gasteiger partial charge in [-0.05, 0) is 59.3 Å². The molecule has 0 aliphatic heterocycles. The fraction of sp³-hybridized carbons (Fsp3) is 0.567. The molecule has 0 unspecified atom stereocenters. The van der Waals surface area contributed by atoms with Crippen LogP contribution in [0, 0.1) is 5.92 Å². The number of carbonyl (C=O) groups is 1. The van der Waals surface area contributed by atoms with E-state index < -0.39 is 0 Å². The minimum Gasteiger partial charge on any atom is -0.489 e. The standard InChI is InChI=1S/C30H42O3/c1-4-5-6-10-18-30(2,3)25-14-16-27(28-21-26(32)15-13-24(28)17-19-31)29(20-25)33-22-23-11-8-7-9-12-23/h7-9,11-12,14,16,20,24,28,31H,4-6,10,13,15,17-19,21-22H2,1-3H3/t24-,28+/m0/s1. The molecule has 0 spiro atoms. The highest BCUT2D eigenvalue weighted by Crippen LogP contribution is 2.43. The van der Waals surface area contributed by atoms with Gasteiger partial charge in [0.25, 0.3) is 0 Å². The van der Waals surface area contributed by atoms with Gasteiger partial charge in [-0.25, -0.2) is 0 Å². The summed E-state index contributed by atoms with van der Waals surface area (Å²) in [5.41, 5.74) is 3.64. The van der Waals surface area contributed by atoms with Gasteiger partial charge in [0, 0.05) is 19.4 Å². The van der Waals surface area contributed by atoms with Crippen LogP contribution in [0.3, 0.4) is 0 Å². The fourth-order valence-corrected chi connectivity index (χ4v) is 5.20. The van der Waals surface area contributed by atoms with E-state index in [1.165, 1.54) is 31.2 Å². The molecule has 1 saturated carbocycles. The maximum atomic E-state index is 12.4. The smallest absolute Gasteiger partial charge is 0.133 e. The number of hydrogen-bond acceptors (Lipinski definition) is 3. The van der Waals surface area contributed by atoms with Gasteiger partial charge in [0.1, 0.15) is 18.1 Å². The number of ketones is 1. The van der Waals surface area contributed by atoms with Crippen molar-refractivity contribution in [2.45, 2.75) is 96.5 Å². The first-order chi connectivity index (χ1) is 15.9.